The highest BCUT2D eigenvalue weighted by atomic mass is 35.5. The van der Waals surface area contributed by atoms with Crippen molar-refractivity contribution in [1.29, 1.82) is 0 Å². The monoisotopic (exact) mass is 478 g/mol. The van der Waals surface area contributed by atoms with Crippen LogP contribution in [0.4, 0.5) is 15.0 Å². The standard InChI is InChI=1S/C21H20ClFN4O4S/c1-2-32(29,30)25-13-9-14-11-27(21(28)26(14)10-13)20-19-16(4-3-5-18(19)31-24-20)15-7-6-12(23)8-17(15)22/h3-8,13-14,25H,2,9-11H2,1H3/t13-,14-/m0/s1. The lowest BCUT2D eigenvalue weighted by Gasteiger charge is -2.18. The molecule has 3 heterocycles. The number of fused-ring (bicyclic) bond motifs is 2. The van der Waals surface area contributed by atoms with E-state index in [1.807, 2.05) is 6.07 Å². The maximum atomic E-state index is 13.6. The second kappa shape index (κ2) is 7.72. The fourth-order valence-electron chi connectivity index (χ4n) is 4.46. The van der Waals surface area contributed by atoms with Crippen molar-refractivity contribution in [2.24, 2.45) is 0 Å². The zero-order chi connectivity index (χ0) is 22.6. The fourth-order valence-corrected chi connectivity index (χ4v) is 5.57. The van der Waals surface area contributed by atoms with Gasteiger partial charge in [-0.15, -0.1) is 0 Å². The predicted octanol–water partition coefficient (Wildman–Crippen LogP) is 3.61. The van der Waals surface area contributed by atoms with E-state index in [1.54, 1.807) is 34.9 Å². The number of aromatic nitrogens is 1. The molecule has 0 unspecified atom stereocenters. The number of carbonyl (C=O) groups is 1. The summed E-state index contributed by atoms with van der Waals surface area (Å²) in [7, 11) is -3.35. The van der Waals surface area contributed by atoms with Crippen molar-refractivity contribution in [3.05, 3.63) is 47.2 Å². The quantitative estimate of drug-likeness (QED) is 0.604. The Balaban J connectivity index is 1.48. The summed E-state index contributed by atoms with van der Waals surface area (Å²) < 4.78 is 45.5. The Morgan fingerprint density at radius 1 is 1.25 bits per heavy atom. The minimum Gasteiger partial charge on any atom is -0.354 e. The SMILES string of the molecule is CCS(=O)(=O)N[C@H]1C[C@H]2CN(c3noc4cccc(-c5ccc(F)cc5Cl)c34)C(=O)N2C1. The summed E-state index contributed by atoms with van der Waals surface area (Å²) in [6.45, 7) is 2.23. The van der Waals surface area contributed by atoms with E-state index in [0.29, 0.717) is 47.4 Å². The number of nitrogens with one attached hydrogen (secondary N) is 1. The number of anilines is 1. The van der Waals surface area contributed by atoms with Gasteiger partial charge in [0.2, 0.25) is 10.0 Å². The molecule has 2 aliphatic heterocycles. The number of sulfonamides is 1. The van der Waals surface area contributed by atoms with Crippen LogP contribution in [0, 0.1) is 5.82 Å². The number of urea groups is 1. The summed E-state index contributed by atoms with van der Waals surface area (Å²) in [6.07, 6.45) is 0.522. The summed E-state index contributed by atoms with van der Waals surface area (Å²) in [5, 5.41) is 5.00. The van der Waals surface area contributed by atoms with Crippen LogP contribution >= 0.6 is 11.6 Å². The largest absolute Gasteiger partial charge is 0.354 e. The first-order valence-corrected chi connectivity index (χ1v) is 12.2. The zero-order valence-corrected chi connectivity index (χ0v) is 18.7. The van der Waals surface area contributed by atoms with Crippen molar-refractivity contribution in [3.8, 4) is 11.1 Å². The van der Waals surface area contributed by atoms with Crippen LogP contribution < -0.4 is 9.62 Å². The van der Waals surface area contributed by atoms with Crippen molar-refractivity contribution in [2.45, 2.75) is 25.4 Å². The van der Waals surface area contributed by atoms with Crippen LogP contribution in [-0.4, -0.2) is 55.4 Å². The molecule has 0 radical (unpaired) electrons. The molecule has 0 aliphatic carbocycles. The molecule has 0 saturated carbocycles. The van der Waals surface area contributed by atoms with Crippen LogP contribution in [-0.2, 0) is 10.0 Å². The van der Waals surface area contributed by atoms with Crippen LogP contribution in [0.3, 0.4) is 0 Å². The lowest BCUT2D eigenvalue weighted by molar-refractivity contribution is 0.218. The van der Waals surface area contributed by atoms with Crippen molar-refractivity contribution >= 4 is 44.4 Å². The summed E-state index contributed by atoms with van der Waals surface area (Å²) in [5.74, 6) is -0.0883. The molecule has 32 heavy (non-hydrogen) atoms. The number of carbonyl (C=O) groups excluding carboxylic acids is 1. The van der Waals surface area contributed by atoms with Gasteiger partial charge in [-0.05, 0) is 43.2 Å². The molecule has 2 atom stereocenters. The van der Waals surface area contributed by atoms with Gasteiger partial charge in [0.1, 0.15) is 5.82 Å². The van der Waals surface area contributed by atoms with Crippen molar-refractivity contribution in [2.75, 3.05) is 23.7 Å². The van der Waals surface area contributed by atoms with E-state index >= 15 is 0 Å². The van der Waals surface area contributed by atoms with E-state index in [2.05, 4.69) is 9.88 Å². The molecule has 5 rings (SSSR count). The van der Waals surface area contributed by atoms with Gasteiger partial charge in [-0.3, -0.25) is 4.90 Å². The number of amides is 2. The van der Waals surface area contributed by atoms with E-state index in [9.17, 15) is 17.6 Å². The van der Waals surface area contributed by atoms with Gasteiger partial charge < -0.3 is 9.42 Å². The molecule has 2 amide bonds. The number of rotatable bonds is 5. The van der Waals surface area contributed by atoms with E-state index < -0.39 is 15.8 Å². The van der Waals surface area contributed by atoms with E-state index in [1.165, 1.54) is 12.1 Å². The molecule has 2 aliphatic rings. The first-order valence-electron chi connectivity index (χ1n) is 10.2. The summed E-state index contributed by atoms with van der Waals surface area (Å²) in [4.78, 5) is 16.4. The summed E-state index contributed by atoms with van der Waals surface area (Å²) in [5.41, 5.74) is 1.76. The zero-order valence-electron chi connectivity index (χ0n) is 17.1. The Hall–Kier alpha value is -2.69. The minimum absolute atomic E-state index is 0.00606. The Labute approximate surface area is 189 Å². The number of nitrogens with zero attached hydrogens (tertiary/aromatic N) is 3. The highest BCUT2D eigenvalue weighted by Crippen LogP contribution is 2.40. The topological polar surface area (TPSA) is 95.7 Å². The van der Waals surface area contributed by atoms with Crippen LogP contribution in [0.25, 0.3) is 22.1 Å². The summed E-state index contributed by atoms with van der Waals surface area (Å²) in [6, 6.07) is 8.77. The van der Waals surface area contributed by atoms with Gasteiger partial charge in [0.15, 0.2) is 11.4 Å². The minimum atomic E-state index is -3.35. The van der Waals surface area contributed by atoms with Crippen LogP contribution in [0.5, 0.6) is 0 Å². The van der Waals surface area contributed by atoms with Gasteiger partial charge in [0.25, 0.3) is 0 Å². The van der Waals surface area contributed by atoms with Crippen LogP contribution in [0.1, 0.15) is 13.3 Å². The van der Waals surface area contributed by atoms with Gasteiger partial charge in [-0.2, -0.15) is 0 Å². The molecule has 8 nitrogen and oxygen atoms in total. The Bertz CT molecular complexity index is 1330. The van der Waals surface area contributed by atoms with E-state index in [4.69, 9.17) is 16.1 Å². The molecule has 11 heteroatoms. The maximum Gasteiger partial charge on any atom is 0.326 e. The fraction of sp³-hybridized carbons (Fsp3) is 0.333. The first kappa shape index (κ1) is 21.2. The Kier molecular flexibility index (Phi) is 5.11. The van der Waals surface area contributed by atoms with Gasteiger partial charge in [-0.1, -0.05) is 28.9 Å². The second-order valence-corrected chi connectivity index (χ2v) is 10.4. The third-order valence-electron chi connectivity index (χ3n) is 5.97. The number of hydrogen-bond donors (Lipinski definition) is 1. The number of hydrogen-bond acceptors (Lipinski definition) is 5. The maximum absolute atomic E-state index is 13.6. The van der Waals surface area contributed by atoms with E-state index in [-0.39, 0.29) is 28.9 Å². The highest BCUT2D eigenvalue weighted by molar-refractivity contribution is 7.89. The van der Waals surface area contributed by atoms with Crippen molar-refractivity contribution < 1.29 is 22.1 Å². The van der Waals surface area contributed by atoms with E-state index in [0.717, 1.165) is 0 Å². The van der Waals surface area contributed by atoms with Crippen LogP contribution in [0.15, 0.2) is 40.9 Å². The second-order valence-electron chi connectivity index (χ2n) is 7.96. The van der Waals surface area contributed by atoms with Crippen molar-refractivity contribution in [3.63, 3.8) is 0 Å². The molecule has 2 saturated heterocycles. The number of halogens is 2. The summed E-state index contributed by atoms with van der Waals surface area (Å²) >= 11 is 6.29. The lowest BCUT2D eigenvalue weighted by atomic mass is 10.0. The number of benzene rings is 2. The van der Waals surface area contributed by atoms with Gasteiger partial charge >= 0.3 is 6.03 Å². The molecule has 2 fully saturated rings. The molecular weight excluding hydrogens is 459 g/mol. The first-order chi connectivity index (χ1) is 15.3. The molecule has 1 aromatic heterocycles. The predicted molar refractivity (Wildman–Crippen MR) is 119 cm³/mol. The lowest BCUT2D eigenvalue weighted by Crippen LogP contribution is -2.41. The molecule has 3 aromatic rings. The molecule has 0 bridgehead atoms. The third kappa shape index (κ3) is 3.52. The molecule has 0 spiro atoms. The third-order valence-corrected chi connectivity index (χ3v) is 7.73. The smallest absolute Gasteiger partial charge is 0.326 e. The highest BCUT2D eigenvalue weighted by Gasteiger charge is 2.46. The van der Waals surface area contributed by atoms with Crippen molar-refractivity contribution in [1.82, 2.24) is 14.8 Å². The average molecular weight is 479 g/mol. The normalized spacial score (nSPS) is 21.0. The Morgan fingerprint density at radius 3 is 2.78 bits per heavy atom. The van der Waals surface area contributed by atoms with Crippen LogP contribution in [0.2, 0.25) is 5.02 Å². The molecule has 168 valence electrons. The van der Waals surface area contributed by atoms with Gasteiger partial charge in [0, 0.05) is 24.7 Å². The Morgan fingerprint density at radius 2 is 2.06 bits per heavy atom. The average Bonchev–Trinajstić information content (AvgIpc) is 3.42. The van der Waals surface area contributed by atoms with Gasteiger partial charge in [-0.25, -0.2) is 22.3 Å². The van der Waals surface area contributed by atoms with Gasteiger partial charge in [0.05, 0.1) is 22.2 Å². The molecular formula is C21H20ClFN4O4S. The molecule has 1 N–H and O–H groups in total. The molecule has 2 aromatic carbocycles.